The molecule has 2 aliphatic rings. The maximum absolute atomic E-state index is 13.5. The molecule has 2 fully saturated rings. The molecule has 0 bridgehead atoms. The fraction of sp³-hybridized carbons (Fsp3) is 0.364. The van der Waals surface area contributed by atoms with Crippen molar-refractivity contribution in [2.24, 2.45) is 0 Å². The summed E-state index contributed by atoms with van der Waals surface area (Å²) in [4.78, 5) is 9.14. The average molecular weight is 426 g/mol. The maximum Gasteiger partial charge on any atom is 0.246 e. The summed E-state index contributed by atoms with van der Waals surface area (Å²) in [6, 6.07) is 10.5. The highest BCUT2D eigenvalue weighted by molar-refractivity contribution is 5.64. The number of aryl methyl sites for hydroxylation is 1. The molecular formula is C22H24F2N6O. The van der Waals surface area contributed by atoms with E-state index in [1.165, 1.54) is 17.1 Å². The molecule has 0 unspecified atom stereocenters. The molecule has 162 valence electrons. The van der Waals surface area contributed by atoms with Crippen LogP contribution in [0.3, 0.4) is 0 Å². The van der Waals surface area contributed by atoms with Crippen LogP contribution in [0, 0.1) is 18.6 Å². The van der Waals surface area contributed by atoms with Crippen molar-refractivity contribution in [3.8, 4) is 5.69 Å². The molecule has 3 heterocycles. The monoisotopic (exact) mass is 426 g/mol. The first-order chi connectivity index (χ1) is 15.0. The van der Waals surface area contributed by atoms with Gasteiger partial charge in [0.15, 0.2) is 11.6 Å². The summed E-state index contributed by atoms with van der Waals surface area (Å²) in [5.74, 6) is -1.43. The quantitative estimate of drug-likeness (QED) is 0.677. The first-order valence-electron chi connectivity index (χ1n) is 10.4. The molecule has 9 heteroatoms. The molecule has 3 aromatic rings. The summed E-state index contributed by atoms with van der Waals surface area (Å²) in [5.41, 5.74) is 3.58. The van der Waals surface area contributed by atoms with Gasteiger partial charge in [0, 0.05) is 43.6 Å². The minimum absolute atomic E-state index is 0.385. The summed E-state index contributed by atoms with van der Waals surface area (Å²) in [5, 5.41) is 7.56. The van der Waals surface area contributed by atoms with Crippen LogP contribution in [0.1, 0.15) is 5.56 Å². The number of piperazine rings is 1. The second-order valence-corrected chi connectivity index (χ2v) is 8.01. The van der Waals surface area contributed by atoms with Gasteiger partial charge in [0.25, 0.3) is 0 Å². The highest BCUT2D eigenvalue weighted by Gasteiger charge is 2.29. The van der Waals surface area contributed by atoms with Gasteiger partial charge in [0.2, 0.25) is 5.95 Å². The van der Waals surface area contributed by atoms with E-state index in [2.05, 4.69) is 44.3 Å². The van der Waals surface area contributed by atoms with Crippen molar-refractivity contribution in [1.82, 2.24) is 19.7 Å². The second kappa shape index (κ2) is 8.24. The minimum atomic E-state index is -0.921. The Kier molecular flexibility index (Phi) is 5.29. The minimum Gasteiger partial charge on any atom is -0.378 e. The largest absolute Gasteiger partial charge is 0.378 e. The number of anilines is 3. The van der Waals surface area contributed by atoms with Crippen LogP contribution in [0.15, 0.2) is 42.7 Å². The number of benzene rings is 2. The molecule has 0 atom stereocenters. The van der Waals surface area contributed by atoms with E-state index in [1.807, 2.05) is 6.07 Å². The van der Waals surface area contributed by atoms with Crippen molar-refractivity contribution in [1.29, 1.82) is 0 Å². The van der Waals surface area contributed by atoms with E-state index >= 15 is 0 Å². The molecule has 1 N–H and O–H groups in total. The number of aromatic nitrogens is 3. The van der Waals surface area contributed by atoms with Crippen molar-refractivity contribution in [3.63, 3.8) is 0 Å². The number of nitrogens with zero attached hydrogens (tertiary/aromatic N) is 5. The summed E-state index contributed by atoms with van der Waals surface area (Å²) < 4.78 is 33.4. The van der Waals surface area contributed by atoms with Crippen molar-refractivity contribution in [2.45, 2.75) is 13.0 Å². The lowest BCUT2D eigenvalue weighted by Gasteiger charge is -2.43. The van der Waals surface area contributed by atoms with Gasteiger partial charge in [-0.05, 0) is 42.8 Å². The molecule has 0 spiro atoms. The fourth-order valence-corrected chi connectivity index (χ4v) is 4.00. The number of halogens is 2. The summed E-state index contributed by atoms with van der Waals surface area (Å²) >= 11 is 0. The van der Waals surface area contributed by atoms with E-state index in [0.717, 1.165) is 68.5 Å². The van der Waals surface area contributed by atoms with Gasteiger partial charge in [-0.15, -0.1) is 5.10 Å². The summed E-state index contributed by atoms with van der Waals surface area (Å²) in [7, 11) is 0. The average Bonchev–Trinajstić information content (AvgIpc) is 3.17. The van der Waals surface area contributed by atoms with Crippen LogP contribution in [0.25, 0.3) is 5.69 Å². The van der Waals surface area contributed by atoms with E-state index in [4.69, 9.17) is 4.74 Å². The highest BCUT2D eigenvalue weighted by Crippen LogP contribution is 2.26. The summed E-state index contributed by atoms with van der Waals surface area (Å²) in [6.07, 6.45) is 1.47. The number of nitrogens with one attached hydrogen (secondary N) is 1. The van der Waals surface area contributed by atoms with Gasteiger partial charge < -0.3 is 15.0 Å². The van der Waals surface area contributed by atoms with Crippen LogP contribution in [0.5, 0.6) is 0 Å². The first-order valence-corrected chi connectivity index (χ1v) is 10.4. The molecule has 0 amide bonds. The van der Waals surface area contributed by atoms with Crippen molar-refractivity contribution in [2.75, 3.05) is 49.6 Å². The Morgan fingerprint density at radius 2 is 1.77 bits per heavy atom. The van der Waals surface area contributed by atoms with E-state index in [1.54, 1.807) is 0 Å². The number of ether oxygens (including phenoxy) is 1. The Morgan fingerprint density at radius 3 is 2.48 bits per heavy atom. The Balaban J connectivity index is 1.28. The standard InChI is InChI=1S/C22H24F2N6O/c1-15-8-16(10-18(9-15)28-4-6-29(7-5-28)19-12-31-13-19)26-22-25-14-30(27-22)17-2-3-20(23)21(24)11-17/h2-3,8-11,14,19H,4-7,12-13H2,1H3,(H,26,27). The molecule has 2 saturated heterocycles. The Morgan fingerprint density at radius 1 is 0.968 bits per heavy atom. The Bertz CT molecular complexity index is 1080. The van der Waals surface area contributed by atoms with Gasteiger partial charge in [-0.3, -0.25) is 4.90 Å². The van der Waals surface area contributed by atoms with E-state index in [-0.39, 0.29) is 0 Å². The number of hydrogen-bond acceptors (Lipinski definition) is 6. The molecular weight excluding hydrogens is 402 g/mol. The highest BCUT2D eigenvalue weighted by atomic mass is 19.2. The molecule has 7 nitrogen and oxygen atoms in total. The smallest absolute Gasteiger partial charge is 0.246 e. The van der Waals surface area contributed by atoms with Crippen molar-refractivity contribution < 1.29 is 13.5 Å². The Labute approximate surface area is 179 Å². The lowest BCUT2D eigenvalue weighted by Crippen LogP contribution is -2.56. The zero-order valence-corrected chi connectivity index (χ0v) is 17.3. The van der Waals surface area contributed by atoms with Crippen molar-refractivity contribution >= 4 is 17.3 Å². The summed E-state index contributed by atoms with van der Waals surface area (Å²) in [6.45, 7) is 7.77. The van der Waals surface area contributed by atoms with Gasteiger partial charge in [-0.25, -0.2) is 13.5 Å². The molecule has 5 rings (SSSR count). The van der Waals surface area contributed by atoms with Crippen LogP contribution < -0.4 is 10.2 Å². The predicted octanol–water partition coefficient (Wildman–Crippen LogP) is 3.12. The molecule has 0 radical (unpaired) electrons. The topological polar surface area (TPSA) is 58.5 Å². The van der Waals surface area contributed by atoms with E-state index in [9.17, 15) is 8.78 Å². The third-order valence-electron chi connectivity index (χ3n) is 5.79. The van der Waals surface area contributed by atoms with Crippen LogP contribution in [0.2, 0.25) is 0 Å². The SMILES string of the molecule is Cc1cc(Nc2ncn(-c3ccc(F)c(F)c3)n2)cc(N2CCN(C3COC3)CC2)c1. The zero-order valence-electron chi connectivity index (χ0n) is 17.3. The lowest BCUT2D eigenvalue weighted by atomic mass is 10.1. The van der Waals surface area contributed by atoms with Crippen LogP contribution in [-0.4, -0.2) is 65.1 Å². The zero-order chi connectivity index (χ0) is 21.4. The number of rotatable bonds is 5. The molecule has 0 saturated carbocycles. The van der Waals surface area contributed by atoms with E-state index < -0.39 is 11.6 Å². The third-order valence-corrected chi connectivity index (χ3v) is 5.79. The fourth-order valence-electron chi connectivity index (χ4n) is 4.00. The van der Waals surface area contributed by atoms with Crippen LogP contribution >= 0.6 is 0 Å². The normalized spacial score (nSPS) is 17.6. The van der Waals surface area contributed by atoms with Gasteiger partial charge in [0.1, 0.15) is 6.33 Å². The maximum atomic E-state index is 13.5. The first kappa shape index (κ1) is 19.9. The van der Waals surface area contributed by atoms with Gasteiger partial charge >= 0.3 is 0 Å². The van der Waals surface area contributed by atoms with Crippen LogP contribution in [-0.2, 0) is 4.74 Å². The van der Waals surface area contributed by atoms with E-state index in [0.29, 0.717) is 17.7 Å². The second-order valence-electron chi connectivity index (χ2n) is 8.01. The van der Waals surface area contributed by atoms with Crippen molar-refractivity contribution in [3.05, 3.63) is 59.9 Å². The Hall–Kier alpha value is -3.04. The molecule has 31 heavy (non-hydrogen) atoms. The molecule has 1 aromatic heterocycles. The van der Waals surface area contributed by atoms with Gasteiger partial charge in [0.05, 0.1) is 24.9 Å². The number of hydrogen-bond donors (Lipinski definition) is 1. The molecule has 0 aliphatic carbocycles. The third kappa shape index (κ3) is 4.24. The van der Waals surface area contributed by atoms with Gasteiger partial charge in [-0.1, -0.05) is 0 Å². The molecule has 2 aromatic carbocycles. The van der Waals surface area contributed by atoms with Crippen LogP contribution in [0.4, 0.5) is 26.1 Å². The molecule has 2 aliphatic heterocycles. The van der Waals surface area contributed by atoms with Gasteiger partial charge in [-0.2, -0.15) is 4.98 Å². The predicted molar refractivity (Wildman–Crippen MR) is 114 cm³/mol. The lowest BCUT2D eigenvalue weighted by molar-refractivity contribution is -0.0660.